The van der Waals surface area contributed by atoms with Crippen LogP contribution in [0.2, 0.25) is 0 Å². The van der Waals surface area contributed by atoms with Gasteiger partial charge < -0.3 is 10.5 Å². The average molecular weight is 369 g/mol. The van der Waals surface area contributed by atoms with Gasteiger partial charge in [-0.05, 0) is 36.0 Å². The number of thioether (sulfide) groups is 1. The highest BCUT2D eigenvalue weighted by molar-refractivity contribution is 8.13. The van der Waals surface area contributed by atoms with E-state index in [4.69, 9.17) is 15.5 Å². The highest BCUT2D eigenvalue weighted by atomic mass is 32.2. The van der Waals surface area contributed by atoms with Gasteiger partial charge in [0.25, 0.3) is 0 Å². The Kier molecular flexibility index (Phi) is 4.85. The number of hydrogen-bond donors (Lipinski definition) is 1. The second kappa shape index (κ2) is 7.27. The van der Waals surface area contributed by atoms with Crippen LogP contribution in [0.4, 0.5) is 0 Å². The number of fused-ring (bicyclic) bond motifs is 3. The highest BCUT2D eigenvalue weighted by Crippen LogP contribution is 2.39. The first-order chi connectivity index (χ1) is 12.6. The number of allylic oxidation sites excluding steroid dienone is 4. The molecule has 0 aromatic carbocycles. The van der Waals surface area contributed by atoms with Crippen LogP contribution in [0.1, 0.15) is 25.8 Å². The van der Waals surface area contributed by atoms with Crippen molar-refractivity contribution in [1.82, 2.24) is 9.97 Å². The molecule has 0 amide bonds. The first-order valence-electron chi connectivity index (χ1n) is 9.11. The standard InChI is InChI=1S/C20H24N4OS/c1-12(2)14-5-15(16-8-22-11-23-9-16)6-17-18(7-14)25-4-3-13-10-26-20(21)24-19(13)17/h5-9,11-14,19H,3-4,10H2,1-2H3,(H2,21,24). The molecule has 1 saturated heterocycles. The number of rotatable bonds is 2. The second-order valence-electron chi connectivity index (χ2n) is 7.32. The van der Waals surface area contributed by atoms with Crippen LogP contribution in [0, 0.1) is 17.8 Å². The molecule has 0 radical (unpaired) electrons. The van der Waals surface area contributed by atoms with Gasteiger partial charge in [-0.25, -0.2) is 9.97 Å². The van der Waals surface area contributed by atoms with Crippen molar-refractivity contribution >= 4 is 22.5 Å². The fourth-order valence-electron chi connectivity index (χ4n) is 3.64. The van der Waals surface area contributed by atoms with Gasteiger partial charge >= 0.3 is 0 Å². The first-order valence-corrected chi connectivity index (χ1v) is 10.1. The molecule has 3 atom stereocenters. The van der Waals surface area contributed by atoms with Crippen LogP contribution in [0.15, 0.2) is 53.3 Å². The summed E-state index contributed by atoms with van der Waals surface area (Å²) in [6.07, 6.45) is 13.0. The average Bonchev–Trinajstić information content (AvgIpc) is 2.93. The van der Waals surface area contributed by atoms with Gasteiger partial charge in [-0.2, -0.15) is 0 Å². The van der Waals surface area contributed by atoms with E-state index in [0.29, 0.717) is 17.0 Å². The van der Waals surface area contributed by atoms with E-state index in [2.05, 4.69) is 42.0 Å². The monoisotopic (exact) mass is 368 g/mol. The Labute approximate surface area is 158 Å². The zero-order valence-corrected chi connectivity index (χ0v) is 15.9. The molecule has 0 spiro atoms. The lowest BCUT2D eigenvalue weighted by atomic mass is 9.90. The van der Waals surface area contributed by atoms with Gasteiger partial charge in [0.2, 0.25) is 0 Å². The van der Waals surface area contributed by atoms with Gasteiger partial charge in [-0.15, -0.1) is 0 Å². The predicted octanol–water partition coefficient (Wildman–Crippen LogP) is 3.42. The van der Waals surface area contributed by atoms with Gasteiger partial charge in [0.1, 0.15) is 12.1 Å². The summed E-state index contributed by atoms with van der Waals surface area (Å²) in [5.74, 6) is 3.16. The Bertz CT molecular complexity index is 797. The van der Waals surface area contributed by atoms with E-state index < -0.39 is 0 Å². The number of hydrogen-bond acceptors (Lipinski definition) is 6. The summed E-state index contributed by atoms with van der Waals surface area (Å²) in [6, 6.07) is 0.0592. The van der Waals surface area contributed by atoms with Gasteiger partial charge in [0.05, 0.1) is 12.6 Å². The summed E-state index contributed by atoms with van der Waals surface area (Å²) in [4.78, 5) is 13.2. The van der Waals surface area contributed by atoms with Crippen LogP contribution in [0.3, 0.4) is 0 Å². The number of aliphatic imine (C=N–C) groups is 1. The predicted molar refractivity (Wildman–Crippen MR) is 106 cm³/mol. The van der Waals surface area contributed by atoms with Crippen LogP contribution in [0.25, 0.3) is 5.57 Å². The summed E-state index contributed by atoms with van der Waals surface area (Å²) < 4.78 is 6.19. The molecular weight excluding hydrogens is 344 g/mol. The van der Waals surface area contributed by atoms with Crippen molar-refractivity contribution in [3.63, 3.8) is 0 Å². The quantitative estimate of drug-likeness (QED) is 0.866. The SMILES string of the molecule is CC(C)C1C=C2OCCC3CSC(N)=NC3C2=CC(c2cncnc2)=C1. The molecule has 0 bridgehead atoms. The number of aromatic nitrogens is 2. The Hall–Kier alpha value is -2.08. The maximum atomic E-state index is 6.19. The van der Waals surface area contributed by atoms with Crippen LogP contribution in [-0.4, -0.2) is 33.5 Å². The minimum atomic E-state index is 0.0592. The fraction of sp³-hybridized carbons (Fsp3) is 0.450. The molecule has 2 aliphatic heterocycles. The summed E-state index contributed by atoms with van der Waals surface area (Å²) in [5.41, 5.74) is 9.34. The second-order valence-corrected chi connectivity index (χ2v) is 8.36. The Morgan fingerprint density at radius 1 is 1.23 bits per heavy atom. The van der Waals surface area contributed by atoms with E-state index >= 15 is 0 Å². The van der Waals surface area contributed by atoms with Crippen LogP contribution >= 0.6 is 11.8 Å². The molecule has 6 heteroatoms. The Balaban J connectivity index is 1.84. The van der Waals surface area contributed by atoms with Crippen molar-refractivity contribution in [1.29, 1.82) is 0 Å². The summed E-state index contributed by atoms with van der Waals surface area (Å²) >= 11 is 1.65. The number of amidine groups is 1. The van der Waals surface area contributed by atoms with Crippen molar-refractivity contribution in [3.8, 4) is 0 Å². The van der Waals surface area contributed by atoms with Gasteiger partial charge in [-0.1, -0.05) is 31.7 Å². The molecule has 1 aromatic rings. The molecule has 3 heterocycles. The van der Waals surface area contributed by atoms with E-state index in [9.17, 15) is 0 Å². The maximum Gasteiger partial charge on any atom is 0.154 e. The molecule has 4 rings (SSSR count). The van der Waals surface area contributed by atoms with E-state index in [0.717, 1.165) is 41.2 Å². The van der Waals surface area contributed by atoms with Gasteiger partial charge in [-0.3, -0.25) is 4.99 Å². The minimum absolute atomic E-state index is 0.0592. The van der Waals surface area contributed by atoms with E-state index in [1.54, 1.807) is 18.1 Å². The topological polar surface area (TPSA) is 73.4 Å². The van der Waals surface area contributed by atoms with Crippen molar-refractivity contribution in [2.75, 3.05) is 12.4 Å². The largest absolute Gasteiger partial charge is 0.494 e. The van der Waals surface area contributed by atoms with Gasteiger partial charge in [0, 0.05) is 35.2 Å². The lowest BCUT2D eigenvalue weighted by molar-refractivity contribution is 0.214. The summed E-state index contributed by atoms with van der Waals surface area (Å²) in [5, 5.41) is 0.673. The summed E-state index contributed by atoms with van der Waals surface area (Å²) in [6.45, 7) is 5.19. The fourth-order valence-corrected chi connectivity index (χ4v) is 4.56. The lowest BCUT2D eigenvalue weighted by Gasteiger charge is -2.27. The zero-order valence-electron chi connectivity index (χ0n) is 15.1. The Morgan fingerprint density at radius 3 is 2.81 bits per heavy atom. The highest BCUT2D eigenvalue weighted by Gasteiger charge is 2.35. The number of ether oxygens (including phenoxy) is 1. The van der Waals surface area contributed by atoms with Crippen molar-refractivity contribution in [2.45, 2.75) is 26.3 Å². The normalized spacial score (nSPS) is 28.3. The van der Waals surface area contributed by atoms with Crippen molar-refractivity contribution in [3.05, 3.63) is 53.8 Å². The third-order valence-electron chi connectivity index (χ3n) is 5.20. The molecule has 0 saturated carbocycles. The minimum Gasteiger partial charge on any atom is -0.494 e. The van der Waals surface area contributed by atoms with Crippen LogP contribution in [0.5, 0.6) is 0 Å². The van der Waals surface area contributed by atoms with E-state index in [1.807, 2.05) is 12.4 Å². The lowest BCUT2D eigenvalue weighted by Crippen LogP contribution is -2.30. The molecule has 3 aliphatic rings. The zero-order chi connectivity index (χ0) is 18.1. The molecule has 136 valence electrons. The van der Waals surface area contributed by atoms with E-state index in [-0.39, 0.29) is 12.0 Å². The Morgan fingerprint density at radius 2 is 2.04 bits per heavy atom. The number of nitrogens with zero attached hydrogens (tertiary/aromatic N) is 3. The van der Waals surface area contributed by atoms with Crippen molar-refractivity contribution in [2.24, 2.45) is 28.5 Å². The third kappa shape index (κ3) is 3.43. The van der Waals surface area contributed by atoms with E-state index in [1.165, 1.54) is 0 Å². The van der Waals surface area contributed by atoms with Gasteiger partial charge in [0.15, 0.2) is 5.17 Å². The molecule has 5 nitrogen and oxygen atoms in total. The van der Waals surface area contributed by atoms with Crippen LogP contribution < -0.4 is 5.73 Å². The molecular formula is C20H24N4OS. The third-order valence-corrected chi connectivity index (χ3v) is 6.19. The number of nitrogens with two attached hydrogens (primary N) is 1. The molecule has 1 fully saturated rings. The first kappa shape index (κ1) is 17.3. The molecule has 1 aliphatic carbocycles. The molecule has 3 unspecified atom stereocenters. The molecule has 26 heavy (non-hydrogen) atoms. The summed E-state index contributed by atoms with van der Waals surface area (Å²) in [7, 11) is 0. The molecule has 2 N–H and O–H groups in total. The van der Waals surface area contributed by atoms with Crippen LogP contribution in [-0.2, 0) is 4.74 Å². The molecule has 1 aromatic heterocycles. The van der Waals surface area contributed by atoms with Crippen molar-refractivity contribution < 1.29 is 4.74 Å². The maximum absolute atomic E-state index is 6.19. The smallest absolute Gasteiger partial charge is 0.154 e.